The highest BCUT2D eigenvalue weighted by atomic mass is 35.5. The molecular weight excluding hydrogens is 332 g/mol. The summed E-state index contributed by atoms with van der Waals surface area (Å²) in [5, 5.41) is 1.31. The molecule has 0 fully saturated rings. The van der Waals surface area contributed by atoms with Crippen LogP contribution in [-0.4, -0.2) is 15.8 Å². The lowest BCUT2D eigenvalue weighted by Crippen LogP contribution is -2.10. The van der Waals surface area contributed by atoms with Crippen LogP contribution >= 0.6 is 23.1 Å². The molecule has 0 saturated carbocycles. The van der Waals surface area contributed by atoms with Crippen LogP contribution in [0.4, 0.5) is 0 Å². The standard InChI is InChI=1S/C17H21ClN2O2S/c1-10(2)7-15(21)19-17-13-9-12(18)5-6-14(13)20(23-17)16(22)8-11(3)4/h5-6,9-11H,7-8H2,1-4H3. The number of hydrogen-bond acceptors (Lipinski definition) is 3. The summed E-state index contributed by atoms with van der Waals surface area (Å²) in [6.45, 7) is 7.96. The number of rotatable bonds is 4. The molecule has 1 heterocycles. The summed E-state index contributed by atoms with van der Waals surface area (Å²) in [5.74, 6) is 0.347. The van der Waals surface area contributed by atoms with E-state index in [0.29, 0.717) is 22.5 Å². The second-order valence-corrected chi connectivity index (χ2v) is 7.82. The summed E-state index contributed by atoms with van der Waals surface area (Å²) < 4.78 is 2.16. The van der Waals surface area contributed by atoms with Crippen LogP contribution in [0.2, 0.25) is 5.02 Å². The maximum absolute atomic E-state index is 12.4. The van der Waals surface area contributed by atoms with Crippen LogP contribution in [0.5, 0.6) is 0 Å². The van der Waals surface area contributed by atoms with Crippen molar-refractivity contribution in [3.63, 3.8) is 0 Å². The Morgan fingerprint density at radius 2 is 1.83 bits per heavy atom. The van der Waals surface area contributed by atoms with Crippen molar-refractivity contribution in [2.24, 2.45) is 16.8 Å². The molecule has 0 aliphatic carbocycles. The number of carbonyl (C=O) groups is 2. The lowest BCUT2D eigenvalue weighted by molar-refractivity contribution is -0.118. The third kappa shape index (κ3) is 4.52. The van der Waals surface area contributed by atoms with Crippen LogP contribution in [0, 0.1) is 11.8 Å². The van der Waals surface area contributed by atoms with Gasteiger partial charge in [-0.1, -0.05) is 39.3 Å². The number of aromatic nitrogens is 1. The zero-order valence-electron chi connectivity index (χ0n) is 13.8. The highest BCUT2D eigenvalue weighted by Crippen LogP contribution is 2.21. The third-order valence-electron chi connectivity index (χ3n) is 3.20. The zero-order valence-corrected chi connectivity index (χ0v) is 15.4. The minimum Gasteiger partial charge on any atom is -0.273 e. The maximum Gasteiger partial charge on any atom is 0.247 e. The van der Waals surface area contributed by atoms with Crippen LogP contribution in [0.3, 0.4) is 0 Å². The Balaban J connectivity index is 2.57. The summed E-state index contributed by atoms with van der Waals surface area (Å²) in [5.41, 5.74) is 0.751. The smallest absolute Gasteiger partial charge is 0.247 e. The molecular formula is C17H21ClN2O2S. The van der Waals surface area contributed by atoms with Gasteiger partial charge in [-0.3, -0.25) is 9.59 Å². The summed E-state index contributed by atoms with van der Waals surface area (Å²) in [7, 11) is 0. The maximum atomic E-state index is 12.4. The minimum atomic E-state index is -0.174. The molecule has 0 aliphatic heterocycles. The van der Waals surface area contributed by atoms with Crippen molar-refractivity contribution < 1.29 is 9.59 Å². The van der Waals surface area contributed by atoms with Gasteiger partial charge in [-0.2, -0.15) is 0 Å². The minimum absolute atomic E-state index is 0.00933. The number of carbonyl (C=O) groups excluding carboxylic acids is 2. The fourth-order valence-corrected chi connectivity index (χ4v) is 3.43. The average molecular weight is 353 g/mol. The first-order valence-corrected chi connectivity index (χ1v) is 8.85. The normalized spacial score (nSPS) is 12.6. The summed E-state index contributed by atoms with van der Waals surface area (Å²) >= 11 is 7.28. The Labute approximate surface area is 144 Å². The zero-order chi connectivity index (χ0) is 17.1. The molecule has 0 N–H and O–H groups in total. The fourth-order valence-electron chi connectivity index (χ4n) is 2.25. The average Bonchev–Trinajstić information content (AvgIpc) is 2.75. The van der Waals surface area contributed by atoms with Gasteiger partial charge in [-0.25, -0.2) is 8.95 Å². The van der Waals surface area contributed by atoms with Gasteiger partial charge in [0.2, 0.25) is 11.8 Å². The number of amides is 1. The van der Waals surface area contributed by atoms with Crippen LogP contribution in [0.25, 0.3) is 10.9 Å². The quantitative estimate of drug-likeness (QED) is 0.812. The number of benzene rings is 1. The molecule has 4 nitrogen and oxygen atoms in total. The SMILES string of the molecule is CC(C)CC(=O)N=c1sn(C(=O)CC(C)C)c2ccc(Cl)cc12. The lowest BCUT2D eigenvalue weighted by atomic mass is 10.1. The number of nitrogens with zero attached hydrogens (tertiary/aromatic N) is 2. The monoisotopic (exact) mass is 352 g/mol. The Kier molecular flexibility index (Phi) is 5.76. The predicted octanol–water partition coefficient (Wildman–Crippen LogP) is 4.52. The van der Waals surface area contributed by atoms with Gasteiger partial charge in [-0.15, -0.1) is 0 Å². The molecule has 124 valence electrons. The van der Waals surface area contributed by atoms with Gasteiger partial charge in [0.15, 0.2) is 0 Å². The molecule has 23 heavy (non-hydrogen) atoms. The number of fused-ring (bicyclic) bond motifs is 1. The topological polar surface area (TPSA) is 51.4 Å². The van der Waals surface area contributed by atoms with E-state index in [2.05, 4.69) is 4.99 Å². The van der Waals surface area contributed by atoms with E-state index >= 15 is 0 Å². The van der Waals surface area contributed by atoms with Crippen molar-refractivity contribution in [3.8, 4) is 0 Å². The van der Waals surface area contributed by atoms with E-state index in [1.165, 1.54) is 11.5 Å². The van der Waals surface area contributed by atoms with Crippen LogP contribution in [-0.2, 0) is 4.79 Å². The van der Waals surface area contributed by atoms with E-state index < -0.39 is 0 Å². The van der Waals surface area contributed by atoms with Crippen LogP contribution in [0.15, 0.2) is 23.2 Å². The highest BCUT2D eigenvalue weighted by molar-refractivity contribution is 7.06. The predicted molar refractivity (Wildman–Crippen MR) is 94.9 cm³/mol. The molecule has 1 amide bonds. The summed E-state index contributed by atoms with van der Waals surface area (Å²) in [6, 6.07) is 5.31. The molecule has 2 aromatic rings. The molecule has 2 rings (SSSR count). The van der Waals surface area contributed by atoms with Crippen LogP contribution < -0.4 is 4.67 Å². The molecule has 1 aromatic carbocycles. The van der Waals surface area contributed by atoms with E-state index in [-0.39, 0.29) is 23.7 Å². The van der Waals surface area contributed by atoms with Gasteiger partial charge in [-0.05, 0) is 41.6 Å². The van der Waals surface area contributed by atoms with E-state index in [4.69, 9.17) is 11.6 Å². The first-order chi connectivity index (χ1) is 10.8. The van der Waals surface area contributed by atoms with Crippen molar-refractivity contribution >= 4 is 45.9 Å². The van der Waals surface area contributed by atoms with Gasteiger partial charge in [0.1, 0.15) is 4.67 Å². The molecule has 0 unspecified atom stereocenters. The fraction of sp³-hybridized carbons (Fsp3) is 0.471. The molecule has 1 aromatic heterocycles. The molecule has 0 aliphatic rings. The van der Waals surface area contributed by atoms with E-state index in [9.17, 15) is 9.59 Å². The second kappa shape index (κ2) is 7.41. The Morgan fingerprint density at radius 3 is 2.43 bits per heavy atom. The number of halogens is 1. The molecule has 0 spiro atoms. The molecule has 6 heteroatoms. The van der Waals surface area contributed by atoms with Gasteiger partial charge in [0, 0.05) is 23.3 Å². The lowest BCUT2D eigenvalue weighted by Gasteiger charge is -2.04. The van der Waals surface area contributed by atoms with E-state index in [1.807, 2.05) is 27.7 Å². The first kappa shape index (κ1) is 17.9. The van der Waals surface area contributed by atoms with Crippen molar-refractivity contribution in [1.82, 2.24) is 3.96 Å². The summed E-state index contributed by atoms with van der Waals surface area (Å²) in [6.07, 6.45) is 0.836. The van der Waals surface area contributed by atoms with Crippen molar-refractivity contribution in [2.75, 3.05) is 0 Å². The van der Waals surface area contributed by atoms with Gasteiger partial charge < -0.3 is 0 Å². The van der Waals surface area contributed by atoms with Gasteiger partial charge in [0.05, 0.1) is 5.52 Å². The van der Waals surface area contributed by atoms with E-state index in [1.54, 1.807) is 22.2 Å². The Hall–Kier alpha value is -1.46. The van der Waals surface area contributed by atoms with Gasteiger partial charge >= 0.3 is 0 Å². The Bertz CT molecular complexity index is 803. The molecule has 0 atom stereocenters. The van der Waals surface area contributed by atoms with Crippen molar-refractivity contribution in [3.05, 3.63) is 27.9 Å². The Morgan fingerprint density at radius 1 is 1.17 bits per heavy atom. The van der Waals surface area contributed by atoms with Gasteiger partial charge in [0.25, 0.3) is 0 Å². The second-order valence-electron chi connectivity index (χ2n) is 6.45. The molecule has 0 radical (unpaired) electrons. The van der Waals surface area contributed by atoms with Crippen molar-refractivity contribution in [2.45, 2.75) is 40.5 Å². The molecule has 0 saturated heterocycles. The highest BCUT2D eigenvalue weighted by Gasteiger charge is 2.15. The van der Waals surface area contributed by atoms with E-state index in [0.717, 1.165) is 10.9 Å². The largest absolute Gasteiger partial charge is 0.273 e. The summed E-state index contributed by atoms with van der Waals surface area (Å²) in [4.78, 5) is 28.7. The first-order valence-electron chi connectivity index (χ1n) is 7.70. The van der Waals surface area contributed by atoms with Crippen molar-refractivity contribution in [1.29, 1.82) is 0 Å². The third-order valence-corrected chi connectivity index (χ3v) is 4.51. The van der Waals surface area contributed by atoms with Crippen LogP contribution in [0.1, 0.15) is 45.3 Å². The number of hydrogen-bond donors (Lipinski definition) is 0. The molecule has 0 bridgehead atoms.